The van der Waals surface area contributed by atoms with Gasteiger partial charge in [0.25, 0.3) is 11.8 Å². The van der Waals surface area contributed by atoms with Gasteiger partial charge < -0.3 is 9.47 Å². The van der Waals surface area contributed by atoms with Gasteiger partial charge in [0.05, 0.1) is 18.6 Å². The lowest BCUT2D eigenvalue weighted by Crippen LogP contribution is -2.41. The molecule has 128 valence electrons. The van der Waals surface area contributed by atoms with Crippen LogP contribution in [0.2, 0.25) is 0 Å². The van der Waals surface area contributed by atoms with E-state index in [1.165, 1.54) is 18.4 Å². The Hall–Kier alpha value is -2.54. The van der Waals surface area contributed by atoms with Crippen LogP contribution in [0, 0.1) is 6.92 Å². The molecule has 0 aliphatic heterocycles. The van der Waals surface area contributed by atoms with Gasteiger partial charge in [0.2, 0.25) is 0 Å². The highest BCUT2D eigenvalue weighted by Crippen LogP contribution is 2.28. The number of methoxy groups -OCH3 is 1. The van der Waals surface area contributed by atoms with E-state index in [0.717, 1.165) is 11.3 Å². The molecule has 1 aromatic heterocycles. The van der Waals surface area contributed by atoms with Crippen molar-refractivity contribution in [1.82, 2.24) is 10.9 Å². The quantitative estimate of drug-likeness (QED) is 0.787. The van der Waals surface area contributed by atoms with E-state index in [1.54, 1.807) is 24.3 Å². The molecular formula is C17H20N2O4S. The fourth-order valence-corrected chi connectivity index (χ4v) is 2.71. The number of ether oxygens (including phenoxy) is 2. The maximum absolute atomic E-state index is 12.2. The van der Waals surface area contributed by atoms with Crippen LogP contribution < -0.4 is 20.3 Å². The monoisotopic (exact) mass is 348 g/mol. The van der Waals surface area contributed by atoms with E-state index in [9.17, 15) is 9.59 Å². The number of hydrogen-bond acceptors (Lipinski definition) is 5. The van der Waals surface area contributed by atoms with Gasteiger partial charge in [-0.1, -0.05) is 6.92 Å². The molecule has 0 spiro atoms. The molecule has 0 aliphatic carbocycles. The molecule has 2 aromatic rings. The van der Waals surface area contributed by atoms with Crippen molar-refractivity contribution in [3.05, 3.63) is 45.6 Å². The highest BCUT2D eigenvalue weighted by atomic mass is 32.1. The van der Waals surface area contributed by atoms with Crippen LogP contribution in [0.5, 0.6) is 11.5 Å². The Balaban J connectivity index is 2.00. The van der Waals surface area contributed by atoms with Crippen molar-refractivity contribution >= 4 is 23.2 Å². The van der Waals surface area contributed by atoms with Crippen LogP contribution >= 0.6 is 11.3 Å². The van der Waals surface area contributed by atoms with Crippen LogP contribution in [0.25, 0.3) is 0 Å². The summed E-state index contributed by atoms with van der Waals surface area (Å²) in [6, 6.07) is 8.42. The second-order valence-electron chi connectivity index (χ2n) is 5.03. The zero-order chi connectivity index (χ0) is 17.5. The highest BCUT2D eigenvalue weighted by molar-refractivity contribution is 7.13. The minimum Gasteiger partial charge on any atom is -0.493 e. The molecular weight excluding hydrogens is 328 g/mol. The van der Waals surface area contributed by atoms with Crippen molar-refractivity contribution < 1.29 is 19.1 Å². The Morgan fingerprint density at radius 2 is 1.83 bits per heavy atom. The van der Waals surface area contributed by atoms with Crippen LogP contribution in [-0.2, 0) is 0 Å². The first-order valence-corrected chi connectivity index (χ1v) is 8.34. The first kappa shape index (κ1) is 17.8. The van der Waals surface area contributed by atoms with E-state index in [1.807, 2.05) is 19.9 Å². The maximum atomic E-state index is 12.2. The average Bonchev–Trinajstić information content (AvgIpc) is 3.03. The van der Waals surface area contributed by atoms with E-state index in [0.29, 0.717) is 28.5 Å². The number of carbonyl (C=O) groups excluding carboxylic acids is 2. The predicted octanol–water partition coefficient (Wildman–Crippen LogP) is 2.93. The summed E-state index contributed by atoms with van der Waals surface area (Å²) in [7, 11) is 1.51. The highest BCUT2D eigenvalue weighted by Gasteiger charge is 2.13. The van der Waals surface area contributed by atoms with Gasteiger partial charge in [-0.05, 0) is 43.7 Å². The summed E-state index contributed by atoms with van der Waals surface area (Å²) in [5.74, 6) is 0.263. The summed E-state index contributed by atoms with van der Waals surface area (Å²) in [5.41, 5.74) is 5.15. The van der Waals surface area contributed by atoms with Crippen LogP contribution in [-0.4, -0.2) is 25.5 Å². The van der Waals surface area contributed by atoms with Crippen LogP contribution in [0.3, 0.4) is 0 Å². The van der Waals surface area contributed by atoms with E-state index in [-0.39, 0.29) is 5.91 Å². The van der Waals surface area contributed by atoms with Crippen LogP contribution in [0.15, 0.2) is 30.3 Å². The Morgan fingerprint density at radius 1 is 1.08 bits per heavy atom. The van der Waals surface area contributed by atoms with E-state index in [4.69, 9.17) is 9.47 Å². The number of hydrogen-bond donors (Lipinski definition) is 2. The lowest BCUT2D eigenvalue weighted by molar-refractivity contribution is 0.0848. The molecule has 7 heteroatoms. The second-order valence-corrected chi connectivity index (χ2v) is 6.32. The van der Waals surface area contributed by atoms with Crippen molar-refractivity contribution in [3.8, 4) is 11.5 Å². The third kappa shape index (κ3) is 4.48. The van der Waals surface area contributed by atoms with Gasteiger partial charge >= 0.3 is 0 Å². The summed E-state index contributed by atoms with van der Waals surface area (Å²) in [6.45, 7) is 4.48. The third-order valence-corrected chi connectivity index (χ3v) is 4.14. The van der Waals surface area contributed by atoms with E-state index < -0.39 is 5.91 Å². The van der Waals surface area contributed by atoms with Crippen LogP contribution in [0.4, 0.5) is 0 Å². The molecule has 6 nitrogen and oxygen atoms in total. The van der Waals surface area contributed by atoms with Gasteiger partial charge in [-0.15, -0.1) is 11.3 Å². The van der Waals surface area contributed by atoms with Crippen molar-refractivity contribution in [2.75, 3.05) is 13.7 Å². The Morgan fingerprint density at radius 3 is 2.46 bits per heavy atom. The summed E-state index contributed by atoms with van der Waals surface area (Å²) < 4.78 is 10.8. The van der Waals surface area contributed by atoms with Gasteiger partial charge in [0.1, 0.15) is 0 Å². The van der Waals surface area contributed by atoms with Crippen LogP contribution in [0.1, 0.15) is 38.3 Å². The number of benzene rings is 1. The van der Waals surface area contributed by atoms with Gasteiger partial charge in [0.15, 0.2) is 11.5 Å². The van der Waals surface area contributed by atoms with Crippen molar-refractivity contribution in [1.29, 1.82) is 0 Å². The Labute approximate surface area is 144 Å². The zero-order valence-electron chi connectivity index (χ0n) is 13.8. The topological polar surface area (TPSA) is 76.7 Å². The second kappa shape index (κ2) is 8.35. The minimum atomic E-state index is -0.433. The lowest BCUT2D eigenvalue weighted by atomic mass is 10.2. The standard InChI is InChI=1S/C17H20N2O4S/c1-4-9-23-13-7-6-12(10-14(13)22-3)16(20)18-19-17(21)15-8-5-11(2)24-15/h5-8,10H,4,9H2,1-3H3,(H,18,20)(H,19,21). The number of thiophene rings is 1. The largest absolute Gasteiger partial charge is 0.493 e. The number of carbonyl (C=O) groups is 2. The minimum absolute atomic E-state index is 0.351. The number of amides is 2. The Bertz CT molecular complexity index is 727. The molecule has 0 radical (unpaired) electrons. The molecule has 24 heavy (non-hydrogen) atoms. The smallest absolute Gasteiger partial charge is 0.279 e. The fourth-order valence-electron chi connectivity index (χ4n) is 1.94. The summed E-state index contributed by atoms with van der Waals surface area (Å²) in [5, 5.41) is 0. The van der Waals surface area contributed by atoms with Crippen molar-refractivity contribution in [2.24, 2.45) is 0 Å². The molecule has 0 saturated carbocycles. The summed E-state index contributed by atoms with van der Waals surface area (Å²) >= 11 is 1.36. The predicted molar refractivity (Wildman–Crippen MR) is 92.8 cm³/mol. The zero-order valence-corrected chi connectivity index (χ0v) is 14.7. The lowest BCUT2D eigenvalue weighted by Gasteiger charge is -2.12. The number of rotatable bonds is 6. The maximum Gasteiger partial charge on any atom is 0.279 e. The normalized spacial score (nSPS) is 10.1. The third-order valence-electron chi connectivity index (χ3n) is 3.14. The first-order chi connectivity index (χ1) is 11.5. The van der Waals surface area contributed by atoms with Gasteiger partial charge in [0, 0.05) is 10.4 Å². The molecule has 0 bridgehead atoms. The van der Waals surface area contributed by atoms with Crippen molar-refractivity contribution in [3.63, 3.8) is 0 Å². The molecule has 2 amide bonds. The molecule has 2 rings (SSSR count). The number of aryl methyl sites for hydroxylation is 1. The van der Waals surface area contributed by atoms with E-state index >= 15 is 0 Å². The first-order valence-electron chi connectivity index (χ1n) is 7.53. The summed E-state index contributed by atoms with van der Waals surface area (Å²) in [4.78, 5) is 25.7. The summed E-state index contributed by atoms with van der Waals surface area (Å²) in [6.07, 6.45) is 0.875. The molecule has 2 N–H and O–H groups in total. The molecule has 0 saturated heterocycles. The van der Waals surface area contributed by atoms with Gasteiger partial charge in [-0.3, -0.25) is 20.4 Å². The number of hydrazine groups is 1. The molecule has 0 aliphatic rings. The van der Waals surface area contributed by atoms with Gasteiger partial charge in [-0.25, -0.2) is 0 Å². The molecule has 0 unspecified atom stereocenters. The average molecular weight is 348 g/mol. The molecule has 1 aromatic carbocycles. The molecule has 0 atom stereocenters. The van der Waals surface area contributed by atoms with Crippen molar-refractivity contribution in [2.45, 2.75) is 20.3 Å². The van der Waals surface area contributed by atoms with Gasteiger partial charge in [-0.2, -0.15) is 0 Å². The van der Waals surface area contributed by atoms with E-state index in [2.05, 4.69) is 10.9 Å². The molecule has 0 fully saturated rings. The fraction of sp³-hybridized carbons (Fsp3) is 0.294. The SMILES string of the molecule is CCCOc1ccc(C(=O)NNC(=O)c2ccc(C)s2)cc1OC. The Kier molecular flexibility index (Phi) is 6.20. The molecule has 1 heterocycles. The number of nitrogens with one attached hydrogen (secondary N) is 2.